The first kappa shape index (κ1) is 17.4. The highest BCUT2D eigenvalue weighted by atomic mass is 79.9. The topological polar surface area (TPSA) is 48.0 Å². The number of halogens is 1. The van der Waals surface area contributed by atoms with E-state index >= 15 is 0 Å². The molecule has 132 valence electrons. The first-order chi connectivity index (χ1) is 12.6. The van der Waals surface area contributed by atoms with Gasteiger partial charge in [-0.25, -0.2) is 0 Å². The summed E-state index contributed by atoms with van der Waals surface area (Å²) in [5.41, 5.74) is 1.53. The monoisotopic (exact) mass is 449 g/mol. The Morgan fingerprint density at radius 1 is 1.23 bits per heavy atom. The van der Waals surface area contributed by atoms with Crippen molar-refractivity contribution in [1.82, 2.24) is 0 Å². The van der Waals surface area contributed by atoms with Gasteiger partial charge in [-0.3, -0.25) is 9.69 Å². The number of hydrogen-bond acceptors (Lipinski definition) is 6. The highest BCUT2D eigenvalue weighted by molar-refractivity contribution is 9.10. The second-order valence-electron chi connectivity index (χ2n) is 5.44. The number of benzene rings is 2. The molecule has 4 rings (SSSR count). The first-order valence-electron chi connectivity index (χ1n) is 7.58. The van der Waals surface area contributed by atoms with E-state index in [1.54, 1.807) is 25.3 Å². The van der Waals surface area contributed by atoms with Gasteiger partial charge in [0.2, 0.25) is 6.79 Å². The largest absolute Gasteiger partial charge is 0.497 e. The van der Waals surface area contributed by atoms with Gasteiger partial charge in [0.05, 0.1) is 17.7 Å². The molecule has 0 spiro atoms. The second kappa shape index (κ2) is 6.94. The Labute approximate surface area is 168 Å². The maximum atomic E-state index is 12.9. The van der Waals surface area contributed by atoms with E-state index in [2.05, 4.69) is 15.9 Å². The molecule has 1 amide bonds. The number of anilines is 1. The van der Waals surface area contributed by atoms with Crippen molar-refractivity contribution in [2.24, 2.45) is 0 Å². The summed E-state index contributed by atoms with van der Waals surface area (Å²) in [6.07, 6.45) is 1.80. The van der Waals surface area contributed by atoms with Crippen molar-refractivity contribution < 1.29 is 19.0 Å². The summed E-state index contributed by atoms with van der Waals surface area (Å²) in [6.45, 7) is 0.199. The fourth-order valence-electron chi connectivity index (χ4n) is 2.61. The Bertz CT molecular complexity index is 943. The summed E-state index contributed by atoms with van der Waals surface area (Å²) in [5, 5.41) is 0. The van der Waals surface area contributed by atoms with Crippen LogP contribution in [0.2, 0.25) is 0 Å². The quantitative estimate of drug-likeness (QED) is 0.504. The molecule has 1 saturated heterocycles. The standard InChI is InChI=1S/C18H12BrNO4S2/c1-22-12-4-2-11(3-5-12)20-17(21)16(26-18(20)25)7-10-6-14-15(8-13(10)19)24-9-23-14/h2-8H,9H2,1H3/b16-7-. The zero-order valence-electron chi connectivity index (χ0n) is 13.5. The van der Waals surface area contributed by atoms with Crippen LogP contribution in [0.3, 0.4) is 0 Å². The smallest absolute Gasteiger partial charge is 0.270 e. The Kier molecular flexibility index (Phi) is 4.64. The van der Waals surface area contributed by atoms with Gasteiger partial charge in [0.1, 0.15) is 5.75 Å². The molecule has 0 bridgehead atoms. The lowest BCUT2D eigenvalue weighted by Gasteiger charge is -2.14. The van der Waals surface area contributed by atoms with E-state index in [0.717, 1.165) is 15.8 Å². The number of carbonyl (C=O) groups is 1. The van der Waals surface area contributed by atoms with Crippen LogP contribution < -0.4 is 19.1 Å². The van der Waals surface area contributed by atoms with Crippen molar-refractivity contribution in [3.05, 3.63) is 51.3 Å². The van der Waals surface area contributed by atoms with E-state index in [4.69, 9.17) is 26.4 Å². The number of amides is 1. The van der Waals surface area contributed by atoms with Crippen LogP contribution in [-0.2, 0) is 4.79 Å². The molecule has 0 unspecified atom stereocenters. The molecular weight excluding hydrogens is 438 g/mol. The molecule has 5 nitrogen and oxygen atoms in total. The molecule has 2 aliphatic heterocycles. The fraction of sp³-hybridized carbons (Fsp3) is 0.111. The van der Waals surface area contributed by atoms with Crippen molar-refractivity contribution in [3.8, 4) is 17.2 Å². The molecule has 2 aromatic carbocycles. The molecule has 0 aromatic heterocycles. The molecule has 2 aliphatic rings. The van der Waals surface area contributed by atoms with E-state index < -0.39 is 0 Å². The van der Waals surface area contributed by atoms with Gasteiger partial charge in [-0.2, -0.15) is 0 Å². The second-order valence-corrected chi connectivity index (χ2v) is 7.97. The SMILES string of the molecule is COc1ccc(N2C(=O)/C(=C/c3cc4c(cc3Br)OCO4)SC2=S)cc1. The molecule has 8 heteroatoms. The van der Waals surface area contributed by atoms with Crippen molar-refractivity contribution in [2.75, 3.05) is 18.8 Å². The number of carbonyl (C=O) groups excluding carboxylic acids is 1. The minimum Gasteiger partial charge on any atom is -0.497 e. The average molecular weight is 450 g/mol. The molecule has 0 N–H and O–H groups in total. The summed E-state index contributed by atoms with van der Waals surface area (Å²) < 4.78 is 17.2. The number of nitrogens with zero attached hydrogens (tertiary/aromatic N) is 1. The van der Waals surface area contributed by atoms with E-state index in [9.17, 15) is 4.79 Å². The number of rotatable bonds is 3. The molecule has 0 radical (unpaired) electrons. The van der Waals surface area contributed by atoms with E-state index in [1.807, 2.05) is 24.3 Å². The Balaban J connectivity index is 1.65. The number of fused-ring (bicyclic) bond motifs is 1. The normalized spacial score (nSPS) is 17.3. The van der Waals surface area contributed by atoms with Gasteiger partial charge in [0.25, 0.3) is 5.91 Å². The average Bonchev–Trinajstić information content (AvgIpc) is 3.19. The number of ether oxygens (including phenoxy) is 3. The Morgan fingerprint density at radius 2 is 1.92 bits per heavy atom. The summed E-state index contributed by atoms with van der Waals surface area (Å²) >= 11 is 10.2. The van der Waals surface area contributed by atoms with Gasteiger partial charge in [-0.1, -0.05) is 39.9 Å². The molecule has 2 aromatic rings. The third-order valence-electron chi connectivity index (χ3n) is 3.90. The van der Waals surface area contributed by atoms with E-state index in [1.165, 1.54) is 16.7 Å². The maximum Gasteiger partial charge on any atom is 0.270 e. The third-order valence-corrected chi connectivity index (χ3v) is 5.89. The Morgan fingerprint density at radius 3 is 2.62 bits per heavy atom. The first-order valence-corrected chi connectivity index (χ1v) is 9.60. The van der Waals surface area contributed by atoms with Crippen LogP contribution in [0.15, 0.2) is 45.8 Å². The van der Waals surface area contributed by atoms with Crippen LogP contribution in [0.5, 0.6) is 17.2 Å². The highest BCUT2D eigenvalue weighted by Crippen LogP contribution is 2.41. The van der Waals surface area contributed by atoms with E-state index in [0.29, 0.717) is 26.4 Å². The van der Waals surface area contributed by atoms with E-state index in [-0.39, 0.29) is 12.7 Å². The Hall–Kier alpha value is -2.03. The van der Waals surface area contributed by atoms with Gasteiger partial charge >= 0.3 is 0 Å². The zero-order valence-corrected chi connectivity index (χ0v) is 16.7. The van der Waals surface area contributed by atoms with Crippen molar-refractivity contribution in [1.29, 1.82) is 0 Å². The van der Waals surface area contributed by atoms with Gasteiger partial charge in [0.15, 0.2) is 15.8 Å². The number of methoxy groups -OCH3 is 1. The van der Waals surface area contributed by atoms with Crippen LogP contribution in [0.4, 0.5) is 5.69 Å². The lowest BCUT2D eigenvalue weighted by molar-refractivity contribution is -0.113. The predicted molar refractivity (Wildman–Crippen MR) is 109 cm³/mol. The maximum absolute atomic E-state index is 12.9. The molecule has 2 heterocycles. The summed E-state index contributed by atoms with van der Waals surface area (Å²) in [7, 11) is 1.60. The summed E-state index contributed by atoms with van der Waals surface area (Å²) in [6, 6.07) is 10.9. The van der Waals surface area contributed by atoms with Gasteiger partial charge < -0.3 is 14.2 Å². The number of hydrogen-bond donors (Lipinski definition) is 0. The minimum atomic E-state index is -0.158. The fourth-order valence-corrected chi connectivity index (χ4v) is 4.33. The molecule has 0 atom stereocenters. The highest BCUT2D eigenvalue weighted by Gasteiger charge is 2.33. The molecule has 26 heavy (non-hydrogen) atoms. The van der Waals surface area contributed by atoms with Crippen molar-refractivity contribution >= 4 is 61.9 Å². The summed E-state index contributed by atoms with van der Waals surface area (Å²) in [4.78, 5) is 14.9. The number of thiocarbonyl (C=S) groups is 1. The van der Waals surface area contributed by atoms with Gasteiger partial charge in [-0.05, 0) is 48.0 Å². The third kappa shape index (κ3) is 3.08. The summed E-state index contributed by atoms with van der Waals surface area (Å²) in [5.74, 6) is 1.90. The molecule has 1 fully saturated rings. The van der Waals surface area contributed by atoms with Crippen LogP contribution in [0, 0.1) is 0 Å². The molecule has 0 aliphatic carbocycles. The molecular formula is C18H12BrNO4S2. The minimum absolute atomic E-state index is 0.158. The van der Waals surface area contributed by atoms with Gasteiger partial charge in [0, 0.05) is 4.47 Å². The lowest BCUT2D eigenvalue weighted by Crippen LogP contribution is -2.27. The van der Waals surface area contributed by atoms with Crippen LogP contribution in [-0.4, -0.2) is 24.1 Å². The zero-order chi connectivity index (χ0) is 18.3. The van der Waals surface area contributed by atoms with Crippen LogP contribution >= 0.6 is 39.9 Å². The van der Waals surface area contributed by atoms with Crippen LogP contribution in [0.1, 0.15) is 5.56 Å². The van der Waals surface area contributed by atoms with Gasteiger partial charge in [-0.15, -0.1) is 0 Å². The predicted octanol–water partition coefficient (Wildman–Crippen LogP) is 4.59. The lowest BCUT2D eigenvalue weighted by atomic mass is 10.2. The van der Waals surface area contributed by atoms with Crippen LogP contribution in [0.25, 0.3) is 6.08 Å². The number of thioether (sulfide) groups is 1. The molecule has 0 saturated carbocycles. The van der Waals surface area contributed by atoms with Crippen molar-refractivity contribution in [2.45, 2.75) is 0 Å². The van der Waals surface area contributed by atoms with Crippen molar-refractivity contribution in [3.63, 3.8) is 0 Å².